The second-order valence-electron chi connectivity index (χ2n) is 9.93. The predicted octanol–water partition coefficient (Wildman–Crippen LogP) is 8.04. The Hall–Kier alpha value is -0.0800. The van der Waals surface area contributed by atoms with Crippen LogP contribution in [0.25, 0.3) is 0 Å². The normalized spacial score (nSPS) is 13.3. The van der Waals surface area contributed by atoms with Crippen molar-refractivity contribution in [3.05, 3.63) is 0 Å². The van der Waals surface area contributed by atoms with E-state index < -0.39 is 5.60 Å². The number of unbranched alkanes of at least 4 members (excludes halogenated alkanes) is 6. The summed E-state index contributed by atoms with van der Waals surface area (Å²) in [6.45, 7) is 14.2. The van der Waals surface area contributed by atoms with E-state index in [-0.39, 0.29) is 17.4 Å². The first-order valence-electron chi connectivity index (χ1n) is 12.6. The highest BCUT2D eigenvalue weighted by molar-refractivity contribution is 5.06. The highest BCUT2D eigenvalue weighted by Crippen LogP contribution is 2.56. The molecule has 0 radical (unpaired) electrons. The summed E-state index contributed by atoms with van der Waals surface area (Å²) in [5, 5.41) is 21.8. The van der Waals surface area contributed by atoms with Gasteiger partial charge in [-0.15, -0.1) is 0 Å². The maximum Gasteiger partial charge on any atom is 0.0754 e. The summed E-state index contributed by atoms with van der Waals surface area (Å²) in [7, 11) is 0. The molecule has 0 aliphatic heterocycles. The minimum atomic E-state index is -0.621. The minimum absolute atomic E-state index is 0.0194. The number of aliphatic hydroxyl groups excluding tert-OH is 1. The van der Waals surface area contributed by atoms with Crippen molar-refractivity contribution in [1.29, 1.82) is 0 Å². The quantitative estimate of drug-likeness (QED) is 0.216. The molecule has 0 atom stereocenters. The highest BCUT2D eigenvalue weighted by Gasteiger charge is 2.55. The van der Waals surface area contributed by atoms with Crippen molar-refractivity contribution < 1.29 is 10.2 Å². The third kappa shape index (κ3) is 7.98. The zero-order valence-corrected chi connectivity index (χ0v) is 20.4. The summed E-state index contributed by atoms with van der Waals surface area (Å²) in [5.74, 6) is 0. The summed E-state index contributed by atoms with van der Waals surface area (Å²) in [5.41, 5.74) is -0.660. The number of aliphatic hydroxyl groups is 2. The lowest BCUT2D eigenvalue weighted by Crippen LogP contribution is -2.58. The Morgan fingerprint density at radius 3 is 1.14 bits per heavy atom. The van der Waals surface area contributed by atoms with E-state index in [1.54, 1.807) is 0 Å². The lowest BCUT2D eigenvalue weighted by molar-refractivity contribution is -0.183. The van der Waals surface area contributed by atoms with Gasteiger partial charge in [0.25, 0.3) is 0 Å². The maximum absolute atomic E-state index is 12.6. The Morgan fingerprint density at radius 1 is 0.500 bits per heavy atom. The van der Waals surface area contributed by atoms with Crippen LogP contribution >= 0.6 is 0 Å². The standard InChI is InChI=1S/C26H54O2/c1-7-11-18-24(5,19-12-8-2)26(28,22-16-15-17-23-27)25(6,20-13-9-3)21-14-10-4/h27-28H,7-23H2,1-6H3. The van der Waals surface area contributed by atoms with Crippen LogP contribution in [0, 0.1) is 10.8 Å². The van der Waals surface area contributed by atoms with Gasteiger partial charge in [-0.2, -0.15) is 0 Å². The molecule has 0 bridgehead atoms. The molecular weight excluding hydrogens is 344 g/mol. The first-order chi connectivity index (χ1) is 13.3. The van der Waals surface area contributed by atoms with E-state index in [0.29, 0.717) is 0 Å². The average Bonchev–Trinajstić information content (AvgIpc) is 2.70. The van der Waals surface area contributed by atoms with Gasteiger partial charge in [0.05, 0.1) is 5.60 Å². The molecule has 0 aliphatic rings. The molecule has 0 fully saturated rings. The van der Waals surface area contributed by atoms with Crippen LogP contribution in [0.3, 0.4) is 0 Å². The van der Waals surface area contributed by atoms with Gasteiger partial charge in [-0.3, -0.25) is 0 Å². The molecule has 2 nitrogen and oxygen atoms in total. The molecule has 0 aromatic heterocycles. The molecule has 2 heteroatoms. The van der Waals surface area contributed by atoms with Crippen LogP contribution in [0.5, 0.6) is 0 Å². The summed E-state index contributed by atoms with van der Waals surface area (Å²) in [6, 6.07) is 0. The van der Waals surface area contributed by atoms with E-state index in [0.717, 1.165) is 51.4 Å². The second kappa shape index (κ2) is 14.8. The molecule has 0 aliphatic carbocycles. The van der Waals surface area contributed by atoms with Gasteiger partial charge in [0.15, 0.2) is 0 Å². The molecule has 0 spiro atoms. The van der Waals surface area contributed by atoms with Crippen LogP contribution in [0.15, 0.2) is 0 Å². The van der Waals surface area contributed by atoms with Crippen molar-refractivity contribution in [2.75, 3.05) is 6.61 Å². The third-order valence-corrected chi connectivity index (χ3v) is 7.52. The fraction of sp³-hybridized carbons (Fsp3) is 1.00. The SMILES string of the molecule is CCCCC(C)(CCCC)C(O)(CCCCCO)C(C)(CCCC)CCCC. The van der Waals surface area contributed by atoms with Gasteiger partial charge in [-0.1, -0.05) is 106 Å². The second-order valence-corrected chi connectivity index (χ2v) is 9.93. The van der Waals surface area contributed by atoms with Crippen LogP contribution in [0.1, 0.15) is 144 Å². The van der Waals surface area contributed by atoms with E-state index >= 15 is 0 Å². The summed E-state index contributed by atoms with van der Waals surface area (Å²) in [4.78, 5) is 0. The molecule has 2 N–H and O–H groups in total. The van der Waals surface area contributed by atoms with Gasteiger partial charge in [0.2, 0.25) is 0 Å². The van der Waals surface area contributed by atoms with Crippen LogP contribution in [0.2, 0.25) is 0 Å². The van der Waals surface area contributed by atoms with Crippen molar-refractivity contribution in [2.24, 2.45) is 10.8 Å². The topological polar surface area (TPSA) is 40.5 Å². The Kier molecular flexibility index (Phi) is 14.8. The first kappa shape index (κ1) is 27.9. The molecule has 170 valence electrons. The van der Waals surface area contributed by atoms with Gasteiger partial charge in [0, 0.05) is 6.61 Å². The minimum Gasteiger partial charge on any atom is -0.396 e. The monoisotopic (exact) mass is 398 g/mol. The Morgan fingerprint density at radius 2 is 0.857 bits per heavy atom. The Bertz CT molecular complexity index is 321. The number of hydrogen-bond donors (Lipinski definition) is 2. The van der Waals surface area contributed by atoms with Crippen molar-refractivity contribution in [1.82, 2.24) is 0 Å². The van der Waals surface area contributed by atoms with Gasteiger partial charge in [-0.05, 0) is 49.4 Å². The lowest BCUT2D eigenvalue weighted by atomic mass is 9.52. The van der Waals surface area contributed by atoms with Crippen molar-refractivity contribution >= 4 is 0 Å². The Balaban J connectivity index is 5.97. The summed E-state index contributed by atoms with van der Waals surface area (Å²) in [6.07, 6.45) is 17.9. The summed E-state index contributed by atoms with van der Waals surface area (Å²) >= 11 is 0. The molecule has 0 aromatic carbocycles. The summed E-state index contributed by atoms with van der Waals surface area (Å²) < 4.78 is 0. The van der Waals surface area contributed by atoms with Crippen molar-refractivity contribution in [2.45, 2.75) is 150 Å². The van der Waals surface area contributed by atoms with Crippen molar-refractivity contribution in [3.8, 4) is 0 Å². The van der Waals surface area contributed by atoms with E-state index in [1.807, 2.05) is 0 Å². The van der Waals surface area contributed by atoms with E-state index in [2.05, 4.69) is 41.5 Å². The van der Waals surface area contributed by atoms with E-state index in [1.165, 1.54) is 51.4 Å². The van der Waals surface area contributed by atoms with Crippen LogP contribution in [-0.2, 0) is 0 Å². The van der Waals surface area contributed by atoms with Gasteiger partial charge < -0.3 is 10.2 Å². The fourth-order valence-electron chi connectivity index (χ4n) is 5.35. The predicted molar refractivity (Wildman–Crippen MR) is 125 cm³/mol. The van der Waals surface area contributed by atoms with Gasteiger partial charge >= 0.3 is 0 Å². The molecule has 0 saturated carbocycles. The molecule has 28 heavy (non-hydrogen) atoms. The van der Waals surface area contributed by atoms with E-state index in [9.17, 15) is 10.2 Å². The average molecular weight is 399 g/mol. The first-order valence-corrected chi connectivity index (χ1v) is 12.6. The zero-order valence-electron chi connectivity index (χ0n) is 20.4. The Labute approximate surface area is 177 Å². The smallest absolute Gasteiger partial charge is 0.0754 e. The number of hydrogen-bond acceptors (Lipinski definition) is 2. The zero-order chi connectivity index (χ0) is 21.5. The fourth-order valence-corrected chi connectivity index (χ4v) is 5.35. The van der Waals surface area contributed by atoms with Gasteiger partial charge in [-0.25, -0.2) is 0 Å². The molecule has 0 heterocycles. The molecule has 0 unspecified atom stereocenters. The molecule has 0 rings (SSSR count). The molecule has 0 aromatic rings. The lowest BCUT2D eigenvalue weighted by Gasteiger charge is -2.56. The van der Waals surface area contributed by atoms with Crippen LogP contribution < -0.4 is 0 Å². The van der Waals surface area contributed by atoms with Crippen LogP contribution in [0.4, 0.5) is 0 Å². The molecule has 0 saturated heterocycles. The van der Waals surface area contributed by atoms with Crippen LogP contribution in [-0.4, -0.2) is 22.4 Å². The maximum atomic E-state index is 12.6. The largest absolute Gasteiger partial charge is 0.396 e. The molecular formula is C26H54O2. The third-order valence-electron chi connectivity index (χ3n) is 7.52. The number of rotatable bonds is 19. The molecule has 0 amide bonds. The van der Waals surface area contributed by atoms with Crippen molar-refractivity contribution in [3.63, 3.8) is 0 Å². The highest BCUT2D eigenvalue weighted by atomic mass is 16.3. The van der Waals surface area contributed by atoms with Gasteiger partial charge in [0.1, 0.15) is 0 Å². The van der Waals surface area contributed by atoms with E-state index in [4.69, 9.17) is 0 Å².